The SMILES string of the molecule is CNC.Cl.[CH2]c1ccccc1. The van der Waals surface area contributed by atoms with Gasteiger partial charge < -0.3 is 5.32 Å². The third-order valence-corrected chi connectivity index (χ3v) is 0.843. The van der Waals surface area contributed by atoms with Crippen molar-refractivity contribution in [3.63, 3.8) is 0 Å². The van der Waals surface area contributed by atoms with Crippen molar-refractivity contribution in [2.45, 2.75) is 0 Å². The first-order chi connectivity index (χ1) is 4.81. The van der Waals surface area contributed by atoms with Gasteiger partial charge in [0.05, 0.1) is 0 Å². The molecule has 0 amide bonds. The average molecular weight is 173 g/mol. The second-order valence-electron chi connectivity index (χ2n) is 1.99. The van der Waals surface area contributed by atoms with Gasteiger partial charge in [0.1, 0.15) is 0 Å². The van der Waals surface area contributed by atoms with Gasteiger partial charge >= 0.3 is 0 Å². The van der Waals surface area contributed by atoms with Crippen molar-refractivity contribution in [3.8, 4) is 0 Å². The summed E-state index contributed by atoms with van der Waals surface area (Å²) >= 11 is 0. The Balaban J connectivity index is 0. The van der Waals surface area contributed by atoms with Gasteiger partial charge in [0, 0.05) is 0 Å². The minimum atomic E-state index is 0. The van der Waals surface area contributed by atoms with Crippen LogP contribution in [0.4, 0.5) is 0 Å². The van der Waals surface area contributed by atoms with Crippen LogP contribution in [0.5, 0.6) is 0 Å². The normalized spacial score (nSPS) is 7.18. The molecule has 1 aromatic rings. The van der Waals surface area contributed by atoms with Crippen LogP contribution >= 0.6 is 12.4 Å². The van der Waals surface area contributed by atoms with E-state index in [1.54, 1.807) is 0 Å². The molecular weight excluding hydrogens is 158 g/mol. The number of hydrogen-bond acceptors (Lipinski definition) is 1. The molecule has 0 atom stereocenters. The molecule has 1 N–H and O–H groups in total. The Morgan fingerprint density at radius 3 is 1.64 bits per heavy atom. The van der Waals surface area contributed by atoms with Crippen LogP contribution in [0.2, 0.25) is 0 Å². The summed E-state index contributed by atoms with van der Waals surface area (Å²) in [6.07, 6.45) is 0. The van der Waals surface area contributed by atoms with Crippen LogP contribution in [0.15, 0.2) is 30.3 Å². The topological polar surface area (TPSA) is 12.0 Å². The van der Waals surface area contributed by atoms with Crippen molar-refractivity contribution in [2.75, 3.05) is 14.1 Å². The van der Waals surface area contributed by atoms with E-state index >= 15 is 0 Å². The fraction of sp³-hybridized carbons (Fsp3) is 0.222. The van der Waals surface area contributed by atoms with Crippen molar-refractivity contribution >= 4 is 12.4 Å². The predicted octanol–water partition coefficient (Wildman–Crippen LogP) is 2.13. The lowest BCUT2D eigenvalue weighted by Gasteiger charge is -1.82. The molecule has 0 aromatic heterocycles. The lowest BCUT2D eigenvalue weighted by atomic mass is 10.2. The molecule has 0 heterocycles. The zero-order chi connectivity index (χ0) is 7.82. The third kappa shape index (κ3) is 9.47. The van der Waals surface area contributed by atoms with E-state index in [1.807, 2.05) is 44.4 Å². The van der Waals surface area contributed by atoms with Gasteiger partial charge in [-0.3, -0.25) is 0 Å². The Hall–Kier alpha value is -0.530. The van der Waals surface area contributed by atoms with Crippen molar-refractivity contribution in [1.82, 2.24) is 5.32 Å². The van der Waals surface area contributed by atoms with Crippen LogP contribution in [-0.4, -0.2) is 14.1 Å². The molecule has 0 bridgehead atoms. The number of hydrogen-bond donors (Lipinski definition) is 1. The molecule has 63 valence electrons. The Labute approximate surface area is 75.2 Å². The van der Waals surface area contributed by atoms with Crippen LogP contribution in [0.25, 0.3) is 0 Å². The minimum absolute atomic E-state index is 0. The van der Waals surface area contributed by atoms with E-state index in [1.165, 1.54) is 0 Å². The maximum Gasteiger partial charge on any atom is -0.0167 e. The summed E-state index contributed by atoms with van der Waals surface area (Å²) in [5.74, 6) is 0. The molecule has 2 heteroatoms. The van der Waals surface area contributed by atoms with Crippen molar-refractivity contribution in [1.29, 1.82) is 0 Å². The van der Waals surface area contributed by atoms with E-state index in [0.717, 1.165) is 5.56 Å². The number of nitrogens with one attached hydrogen (secondary N) is 1. The summed E-state index contributed by atoms with van der Waals surface area (Å²) in [5.41, 5.74) is 1.07. The van der Waals surface area contributed by atoms with Gasteiger partial charge in [-0.05, 0) is 26.6 Å². The van der Waals surface area contributed by atoms with Gasteiger partial charge in [-0.1, -0.05) is 30.3 Å². The van der Waals surface area contributed by atoms with Gasteiger partial charge in [-0.2, -0.15) is 0 Å². The highest BCUT2D eigenvalue weighted by molar-refractivity contribution is 5.85. The van der Waals surface area contributed by atoms with Crippen LogP contribution in [0.1, 0.15) is 5.56 Å². The zero-order valence-electron chi connectivity index (χ0n) is 7.00. The zero-order valence-corrected chi connectivity index (χ0v) is 7.82. The van der Waals surface area contributed by atoms with Crippen molar-refractivity contribution in [3.05, 3.63) is 42.8 Å². The van der Waals surface area contributed by atoms with Gasteiger partial charge in [-0.25, -0.2) is 0 Å². The fourth-order valence-electron chi connectivity index (χ4n) is 0.478. The Morgan fingerprint density at radius 2 is 1.45 bits per heavy atom. The minimum Gasteiger partial charge on any atom is -0.323 e. The molecule has 1 aromatic carbocycles. The standard InChI is InChI=1S/C7H7.C2H7N.ClH/c1-7-5-3-2-4-6-7;1-3-2;/h2-6H,1H2;3H,1-2H3;1H. The van der Waals surface area contributed by atoms with Gasteiger partial charge in [0.15, 0.2) is 0 Å². The first-order valence-electron chi connectivity index (χ1n) is 3.26. The number of halogens is 1. The van der Waals surface area contributed by atoms with Crippen LogP contribution < -0.4 is 5.32 Å². The molecule has 1 rings (SSSR count). The van der Waals surface area contributed by atoms with E-state index in [4.69, 9.17) is 0 Å². The largest absolute Gasteiger partial charge is 0.323 e. The Bertz CT molecular complexity index is 151. The highest BCUT2D eigenvalue weighted by atomic mass is 35.5. The molecule has 0 spiro atoms. The van der Waals surface area contributed by atoms with Crippen LogP contribution in [0.3, 0.4) is 0 Å². The molecule has 0 unspecified atom stereocenters. The average Bonchev–Trinajstić information content (AvgIpc) is 1.91. The Morgan fingerprint density at radius 1 is 1.09 bits per heavy atom. The molecule has 0 aliphatic heterocycles. The Kier molecular flexibility index (Phi) is 11.3. The second-order valence-corrected chi connectivity index (χ2v) is 1.99. The summed E-state index contributed by atoms with van der Waals surface area (Å²) in [7, 11) is 3.75. The predicted molar refractivity (Wildman–Crippen MR) is 53.1 cm³/mol. The molecule has 0 saturated carbocycles. The van der Waals surface area contributed by atoms with Gasteiger partial charge in [-0.15, -0.1) is 12.4 Å². The monoisotopic (exact) mass is 172 g/mol. The smallest absolute Gasteiger partial charge is 0.0167 e. The van der Waals surface area contributed by atoms with E-state index in [-0.39, 0.29) is 12.4 Å². The summed E-state index contributed by atoms with van der Waals surface area (Å²) in [5, 5.41) is 2.75. The van der Waals surface area contributed by atoms with Crippen LogP contribution in [0, 0.1) is 6.92 Å². The second kappa shape index (κ2) is 9.47. The molecule has 0 saturated heterocycles. The molecule has 1 radical (unpaired) electrons. The maximum absolute atomic E-state index is 3.72. The van der Waals surface area contributed by atoms with E-state index in [9.17, 15) is 0 Å². The van der Waals surface area contributed by atoms with E-state index in [2.05, 4.69) is 12.2 Å². The third-order valence-electron chi connectivity index (χ3n) is 0.843. The molecule has 11 heavy (non-hydrogen) atoms. The fourth-order valence-corrected chi connectivity index (χ4v) is 0.478. The lowest BCUT2D eigenvalue weighted by Crippen LogP contribution is -1.89. The highest BCUT2D eigenvalue weighted by Crippen LogP contribution is 1.92. The first kappa shape index (κ1) is 13.1. The molecule has 0 aliphatic carbocycles. The quantitative estimate of drug-likeness (QED) is 0.632. The number of benzene rings is 1. The van der Waals surface area contributed by atoms with Gasteiger partial charge in [0.25, 0.3) is 0 Å². The van der Waals surface area contributed by atoms with Gasteiger partial charge in [0.2, 0.25) is 0 Å². The van der Waals surface area contributed by atoms with E-state index in [0.29, 0.717) is 0 Å². The molecule has 1 nitrogen and oxygen atoms in total. The summed E-state index contributed by atoms with van der Waals surface area (Å²) in [6.45, 7) is 3.72. The number of rotatable bonds is 0. The van der Waals surface area contributed by atoms with E-state index < -0.39 is 0 Å². The maximum atomic E-state index is 3.72. The lowest BCUT2D eigenvalue weighted by molar-refractivity contribution is 1.02. The van der Waals surface area contributed by atoms with Crippen molar-refractivity contribution < 1.29 is 0 Å². The summed E-state index contributed by atoms with van der Waals surface area (Å²) < 4.78 is 0. The van der Waals surface area contributed by atoms with Crippen LogP contribution in [-0.2, 0) is 0 Å². The van der Waals surface area contributed by atoms with Crippen molar-refractivity contribution in [2.24, 2.45) is 0 Å². The first-order valence-corrected chi connectivity index (χ1v) is 3.26. The molecule has 0 fully saturated rings. The summed E-state index contributed by atoms with van der Waals surface area (Å²) in [4.78, 5) is 0. The molecule has 0 aliphatic rings. The summed E-state index contributed by atoms with van der Waals surface area (Å²) in [6, 6.07) is 9.87. The highest BCUT2D eigenvalue weighted by Gasteiger charge is 1.72. The molecular formula is C9H15ClN.